The van der Waals surface area contributed by atoms with Crippen molar-refractivity contribution in [1.29, 1.82) is 0 Å². The number of hydrogen-bond donors (Lipinski definition) is 2. The van der Waals surface area contributed by atoms with Crippen LogP contribution in [0, 0.1) is 5.82 Å². The molecule has 1 saturated heterocycles. The van der Waals surface area contributed by atoms with Crippen molar-refractivity contribution in [3.8, 4) is 0 Å². The number of amides is 1. The van der Waals surface area contributed by atoms with Gasteiger partial charge in [-0.1, -0.05) is 12.1 Å². The van der Waals surface area contributed by atoms with Gasteiger partial charge in [0.1, 0.15) is 5.82 Å². The summed E-state index contributed by atoms with van der Waals surface area (Å²) in [4.78, 5) is 12.7. The number of nitrogens with zero attached hydrogens (tertiary/aromatic N) is 1. The maximum atomic E-state index is 13.1. The van der Waals surface area contributed by atoms with E-state index in [2.05, 4.69) is 10.0 Å². The quantitative estimate of drug-likeness (QED) is 0.690. The second-order valence-electron chi connectivity index (χ2n) is 7.04. The van der Waals surface area contributed by atoms with Crippen LogP contribution in [0.3, 0.4) is 0 Å². The smallest absolute Gasteiger partial charge is 0.261 e. The molecule has 1 fully saturated rings. The molecular weight excluding hydrogens is 433 g/mol. The Morgan fingerprint density at radius 1 is 1.07 bits per heavy atom. The molecule has 30 heavy (non-hydrogen) atoms. The number of hydrogen-bond acceptors (Lipinski definition) is 5. The van der Waals surface area contributed by atoms with Crippen LogP contribution in [-0.2, 0) is 20.0 Å². The highest BCUT2D eigenvalue weighted by molar-refractivity contribution is 7.92. The van der Waals surface area contributed by atoms with E-state index in [-0.39, 0.29) is 28.7 Å². The first-order valence-electron chi connectivity index (χ1n) is 9.20. The lowest BCUT2D eigenvalue weighted by molar-refractivity contribution is 0.0922. The monoisotopic (exact) mass is 455 g/mol. The van der Waals surface area contributed by atoms with Gasteiger partial charge in [-0.05, 0) is 49.2 Å². The molecule has 1 aliphatic rings. The fourth-order valence-corrected chi connectivity index (χ4v) is 5.20. The SMILES string of the molecule is CS(=O)(=O)N1CCCC(NC(=O)c2ccccc2NS(=O)(=O)c2ccc(F)cc2)C1. The predicted molar refractivity (Wildman–Crippen MR) is 111 cm³/mol. The van der Waals surface area contributed by atoms with E-state index in [0.29, 0.717) is 19.4 Å². The minimum atomic E-state index is -4.03. The van der Waals surface area contributed by atoms with Gasteiger partial charge in [0, 0.05) is 19.1 Å². The zero-order valence-corrected chi connectivity index (χ0v) is 17.8. The molecule has 1 amide bonds. The van der Waals surface area contributed by atoms with Gasteiger partial charge in [0.15, 0.2) is 0 Å². The van der Waals surface area contributed by atoms with Gasteiger partial charge in [0.2, 0.25) is 10.0 Å². The van der Waals surface area contributed by atoms with E-state index in [9.17, 15) is 26.0 Å². The lowest BCUT2D eigenvalue weighted by atomic mass is 10.1. The molecule has 162 valence electrons. The van der Waals surface area contributed by atoms with Gasteiger partial charge < -0.3 is 5.32 Å². The fraction of sp³-hybridized carbons (Fsp3) is 0.316. The molecule has 0 aliphatic carbocycles. The molecule has 0 bridgehead atoms. The Labute approximate surface area is 175 Å². The Hall–Kier alpha value is -2.50. The molecular formula is C19H22FN3O5S2. The van der Waals surface area contributed by atoms with Crippen LogP contribution in [0.15, 0.2) is 53.4 Å². The van der Waals surface area contributed by atoms with Gasteiger partial charge in [0.05, 0.1) is 22.4 Å². The summed E-state index contributed by atoms with van der Waals surface area (Å²) in [5.41, 5.74) is 0.162. The van der Waals surface area contributed by atoms with Crippen LogP contribution >= 0.6 is 0 Å². The number of halogens is 1. The van der Waals surface area contributed by atoms with Crippen molar-refractivity contribution in [2.75, 3.05) is 24.1 Å². The van der Waals surface area contributed by atoms with Crippen LogP contribution in [-0.4, -0.2) is 52.4 Å². The summed E-state index contributed by atoms with van der Waals surface area (Å²) in [6.45, 7) is 0.563. The normalized spacial score (nSPS) is 18.0. The number of carbonyl (C=O) groups is 1. The van der Waals surface area contributed by atoms with Crippen LogP contribution in [0.25, 0.3) is 0 Å². The predicted octanol–water partition coefficient (Wildman–Crippen LogP) is 1.78. The summed E-state index contributed by atoms with van der Waals surface area (Å²) >= 11 is 0. The summed E-state index contributed by atoms with van der Waals surface area (Å²) in [6, 6.07) is 10.0. The Kier molecular flexibility index (Phi) is 6.44. The number of rotatable bonds is 6. The van der Waals surface area contributed by atoms with E-state index in [0.717, 1.165) is 30.5 Å². The minimum absolute atomic E-state index is 0.0649. The van der Waals surface area contributed by atoms with Gasteiger partial charge in [0.25, 0.3) is 15.9 Å². The Morgan fingerprint density at radius 2 is 1.73 bits per heavy atom. The molecule has 2 aromatic rings. The number of nitrogens with one attached hydrogen (secondary N) is 2. The number of carbonyl (C=O) groups excluding carboxylic acids is 1. The highest BCUT2D eigenvalue weighted by atomic mass is 32.2. The van der Waals surface area contributed by atoms with E-state index in [1.807, 2.05) is 0 Å². The van der Waals surface area contributed by atoms with Crippen molar-refractivity contribution >= 4 is 31.6 Å². The summed E-state index contributed by atoms with van der Waals surface area (Å²) in [5.74, 6) is -1.09. The van der Waals surface area contributed by atoms with E-state index in [4.69, 9.17) is 0 Å². The van der Waals surface area contributed by atoms with Gasteiger partial charge >= 0.3 is 0 Å². The van der Waals surface area contributed by atoms with Gasteiger partial charge in [-0.2, -0.15) is 0 Å². The summed E-state index contributed by atoms with van der Waals surface area (Å²) < 4.78 is 65.5. The molecule has 2 aromatic carbocycles. The molecule has 0 spiro atoms. The average molecular weight is 456 g/mol. The van der Waals surface area contributed by atoms with E-state index in [1.54, 1.807) is 12.1 Å². The van der Waals surface area contributed by atoms with Crippen molar-refractivity contribution < 1.29 is 26.0 Å². The first-order chi connectivity index (χ1) is 14.1. The molecule has 8 nitrogen and oxygen atoms in total. The summed E-state index contributed by atoms with van der Waals surface area (Å²) in [5, 5.41) is 2.78. The molecule has 1 unspecified atom stereocenters. The third kappa shape index (κ3) is 5.35. The van der Waals surface area contributed by atoms with Crippen molar-refractivity contribution in [2.45, 2.75) is 23.8 Å². The summed E-state index contributed by atoms with van der Waals surface area (Å²) in [7, 11) is -7.39. The number of benzene rings is 2. The standard InChI is InChI=1S/C19H22FN3O5S2/c1-29(25,26)23-12-4-5-15(13-23)21-19(24)17-6-2-3-7-18(17)22-30(27,28)16-10-8-14(20)9-11-16/h2-3,6-11,15,22H,4-5,12-13H2,1H3,(H,21,24). The van der Waals surface area contributed by atoms with Crippen molar-refractivity contribution in [2.24, 2.45) is 0 Å². The highest BCUT2D eigenvalue weighted by Gasteiger charge is 2.28. The van der Waals surface area contributed by atoms with Crippen LogP contribution in [0.5, 0.6) is 0 Å². The topological polar surface area (TPSA) is 113 Å². The Balaban J connectivity index is 1.78. The minimum Gasteiger partial charge on any atom is -0.348 e. The molecule has 1 heterocycles. The van der Waals surface area contributed by atoms with E-state index in [1.165, 1.54) is 16.4 Å². The number of anilines is 1. The van der Waals surface area contributed by atoms with Gasteiger partial charge in [-0.3, -0.25) is 9.52 Å². The van der Waals surface area contributed by atoms with E-state index >= 15 is 0 Å². The van der Waals surface area contributed by atoms with Crippen LogP contribution in [0.2, 0.25) is 0 Å². The molecule has 1 aliphatic heterocycles. The van der Waals surface area contributed by atoms with E-state index < -0.39 is 31.8 Å². The largest absolute Gasteiger partial charge is 0.348 e. The fourth-order valence-electron chi connectivity index (χ4n) is 3.21. The maximum absolute atomic E-state index is 13.1. The number of sulfonamides is 2. The number of para-hydroxylation sites is 1. The Morgan fingerprint density at radius 3 is 2.40 bits per heavy atom. The molecule has 3 rings (SSSR count). The third-order valence-electron chi connectivity index (χ3n) is 4.73. The van der Waals surface area contributed by atoms with Gasteiger partial charge in [-0.25, -0.2) is 25.5 Å². The average Bonchev–Trinajstić information content (AvgIpc) is 2.68. The second kappa shape index (κ2) is 8.70. The van der Waals surface area contributed by atoms with Crippen LogP contribution in [0.1, 0.15) is 23.2 Å². The van der Waals surface area contributed by atoms with Gasteiger partial charge in [-0.15, -0.1) is 0 Å². The van der Waals surface area contributed by atoms with Crippen LogP contribution in [0.4, 0.5) is 10.1 Å². The van der Waals surface area contributed by atoms with Crippen molar-refractivity contribution in [1.82, 2.24) is 9.62 Å². The molecule has 0 aromatic heterocycles. The highest BCUT2D eigenvalue weighted by Crippen LogP contribution is 2.21. The van der Waals surface area contributed by atoms with Crippen molar-refractivity contribution in [3.63, 3.8) is 0 Å². The molecule has 2 N–H and O–H groups in total. The molecule has 11 heteroatoms. The lowest BCUT2D eigenvalue weighted by Gasteiger charge is -2.31. The lowest BCUT2D eigenvalue weighted by Crippen LogP contribution is -2.49. The first-order valence-corrected chi connectivity index (χ1v) is 12.5. The maximum Gasteiger partial charge on any atom is 0.261 e. The molecule has 0 radical (unpaired) electrons. The molecule has 1 atom stereocenters. The second-order valence-corrected chi connectivity index (χ2v) is 10.7. The third-order valence-corrected chi connectivity index (χ3v) is 7.38. The summed E-state index contributed by atoms with van der Waals surface area (Å²) in [6.07, 6.45) is 2.34. The van der Waals surface area contributed by atoms with Crippen LogP contribution < -0.4 is 10.0 Å². The Bertz CT molecular complexity index is 1140. The first kappa shape index (κ1) is 22.2. The number of piperidine rings is 1. The molecule has 0 saturated carbocycles. The van der Waals surface area contributed by atoms with Crippen molar-refractivity contribution in [3.05, 3.63) is 59.9 Å². The zero-order valence-electron chi connectivity index (χ0n) is 16.2. The zero-order chi connectivity index (χ0) is 21.9.